The van der Waals surface area contributed by atoms with E-state index in [2.05, 4.69) is 0 Å². The third-order valence-corrected chi connectivity index (χ3v) is 4.16. The van der Waals surface area contributed by atoms with Gasteiger partial charge in [0.05, 0.1) is 16.5 Å². The standard InChI is InChI=1S/C17H13NO3S/c1-22(20,21)16-9-4-13(5-10-16)6-11-17(19)15-7-2-14(12-18)3-8-15/h2-11H,1H3. The average Bonchev–Trinajstić information content (AvgIpc) is 2.52. The molecule has 110 valence electrons. The highest BCUT2D eigenvalue weighted by Gasteiger charge is 2.05. The highest BCUT2D eigenvalue weighted by Crippen LogP contribution is 2.12. The maximum absolute atomic E-state index is 12.0. The Kier molecular flexibility index (Phi) is 4.54. The minimum absolute atomic E-state index is 0.184. The van der Waals surface area contributed by atoms with Crippen LogP contribution in [-0.4, -0.2) is 20.5 Å². The van der Waals surface area contributed by atoms with Crippen LogP contribution in [0, 0.1) is 11.3 Å². The lowest BCUT2D eigenvalue weighted by Crippen LogP contribution is -1.96. The van der Waals surface area contributed by atoms with Crippen LogP contribution in [0.1, 0.15) is 21.5 Å². The number of ketones is 1. The molecule has 0 aliphatic rings. The lowest BCUT2D eigenvalue weighted by atomic mass is 10.1. The number of nitrogens with zero attached hydrogens (tertiary/aromatic N) is 1. The van der Waals surface area contributed by atoms with E-state index in [1.807, 2.05) is 6.07 Å². The Hall–Kier alpha value is -2.71. The summed E-state index contributed by atoms with van der Waals surface area (Å²) >= 11 is 0. The molecule has 0 unspecified atom stereocenters. The molecule has 0 saturated carbocycles. The van der Waals surface area contributed by atoms with Gasteiger partial charge in [0.1, 0.15) is 0 Å². The summed E-state index contributed by atoms with van der Waals surface area (Å²) in [7, 11) is -3.22. The summed E-state index contributed by atoms with van der Waals surface area (Å²) in [6.07, 6.45) is 4.18. The Bertz CT molecular complexity index is 856. The zero-order valence-corrected chi connectivity index (χ0v) is 12.7. The number of sulfone groups is 1. The van der Waals surface area contributed by atoms with E-state index in [9.17, 15) is 13.2 Å². The number of benzene rings is 2. The fourth-order valence-electron chi connectivity index (χ4n) is 1.80. The van der Waals surface area contributed by atoms with Crippen molar-refractivity contribution in [3.63, 3.8) is 0 Å². The zero-order valence-electron chi connectivity index (χ0n) is 11.9. The van der Waals surface area contributed by atoms with Gasteiger partial charge in [0.2, 0.25) is 0 Å². The monoisotopic (exact) mass is 311 g/mol. The molecule has 0 aliphatic heterocycles. The lowest BCUT2D eigenvalue weighted by molar-refractivity contribution is 0.104. The average molecular weight is 311 g/mol. The molecule has 0 radical (unpaired) electrons. The number of carbonyl (C=O) groups excluding carboxylic acids is 1. The summed E-state index contributed by atoms with van der Waals surface area (Å²) in [5.74, 6) is -0.184. The number of allylic oxidation sites excluding steroid dienone is 1. The van der Waals surface area contributed by atoms with E-state index in [1.54, 1.807) is 42.5 Å². The quantitative estimate of drug-likeness (QED) is 0.642. The number of hydrogen-bond acceptors (Lipinski definition) is 4. The van der Waals surface area contributed by atoms with Crippen molar-refractivity contribution >= 4 is 21.7 Å². The Labute approximate surface area is 129 Å². The third-order valence-electron chi connectivity index (χ3n) is 3.03. The van der Waals surface area contributed by atoms with Crippen LogP contribution < -0.4 is 0 Å². The van der Waals surface area contributed by atoms with Crippen LogP contribution in [0.3, 0.4) is 0 Å². The Morgan fingerprint density at radius 2 is 1.64 bits per heavy atom. The van der Waals surface area contributed by atoms with E-state index >= 15 is 0 Å². The zero-order chi connectivity index (χ0) is 16.2. The van der Waals surface area contributed by atoms with Gasteiger partial charge < -0.3 is 0 Å². The molecule has 0 aliphatic carbocycles. The summed E-state index contributed by atoms with van der Waals surface area (Å²) in [5, 5.41) is 8.71. The Balaban J connectivity index is 2.14. The number of hydrogen-bond donors (Lipinski definition) is 0. The topological polar surface area (TPSA) is 75.0 Å². The number of carbonyl (C=O) groups is 1. The fraction of sp³-hybridized carbons (Fsp3) is 0.0588. The highest BCUT2D eigenvalue weighted by molar-refractivity contribution is 7.90. The van der Waals surface area contributed by atoms with Gasteiger partial charge in [0.15, 0.2) is 15.6 Å². The van der Waals surface area contributed by atoms with Gasteiger partial charge in [-0.05, 0) is 48.0 Å². The molecule has 5 heteroatoms. The number of nitriles is 1. The molecule has 0 amide bonds. The minimum Gasteiger partial charge on any atom is -0.289 e. The summed E-state index contributed by atoms with van der Waals surface area (Å²) in [6, 6.07) is 14.6. The van der Waals surface area contributed by atoms with E-state index < -0.39 is 9.84 Å². The molecule has 0 heterocycles. The summed E-state index contributed by atoms with van der Waals surface area (Å²) < 4.78 is 22.7. The molecular formula is C17H13NO3S. The molecule has 0 bridgehead atoms. The predicted molar refractivity (Wildman–Crippen MR) is 84.1 cm³/mol. The second-order valence-electron chi connectivity index (χ2n) is 4.73. The van der Waals surface area contributed by atoms with Gasteiger partial charge in [0.25, 0.3) is 0 Å². The van der Waals surface area contributed by atoms with E-state index in [1.165, 1.54) is 18.2 Å². The van der Waals surface area contributed by atoms with Gasteiger partial charge >= 0.3 is 0 Å². The first-order valence-electron chi connectivity index (χ1n) is 6.43. The second kappa shape index (κ2) is 6.37. The van der Waals surface area contributed by atoms with Crippen molar-refractivity contribution in [3.05, 3.63) is 71.3 Å². The van der Waals surface area contributed by atoms with E-state index in [0.717, 1.165) is 11.8 Å². The molecule has 2 rings (SSSR count). The van der Waals surface area contributed by atoms with Gasteiger partial charge in [0, 0.05) is 11.8 Å². The smallest absolute Gasteiger partial charge is 0.185 e. The van der Waals surface area contributed by atoms with Crippen LogP contribution in [0.15, 0.2) is 59.5 Å². The van der Waals surface area contributed by atoms with Crippen molar-refractivity contribution < 1.29 is 13.2 Å². The van der Waals surface area contributed by atoms with Crippen molar-refractivity contribution in [1.82, 2.24) is 0 Å². The van der Waals surface area contributed by atoms with Crippen molar-refractivity contribution in [2.45, 2.75) is 4.90 Å². The van der Waals surface area contributed by atoms with Crippen LogP contribution >= 0.6 is 0 Å². The van der Waals surface area contributed by atoms with Crippen LogP contribution in [0.25, 0.3) is 6.08 Å². The van der Waals surface area contributed by atoms with Crippen molar-refractivity contribution in [2.24, 2.45) is 0 Å². The van der Waals surface area contributed by atoms with Gasteiger partial charge in [-0.2, -0.15) is 5.26 Å². The van der Waals surface area contributed by atoms with E-state index in [4.69, 9.17) is 5.26 Å². The molecule has 0 fully saturated rings. The molecule has 0 saturated heterocycles. The summed E-state index contributed by atoms with van der Waals surface area (Å²) in [6.45, 7) is 0. The molecule has 0 atom stereocenters. The van der Waals surface area contributed by atoms with Crippen LogP contribution in [0.2, 0.25) is 0 Å². The molecular weight excluding hydrogens is 298 g/mol. The van der Waals surface area contributed by atoms with Gasteiger partial charge in [-0.15, -0.1) is 0 Å². The minimum atomic E-state index is -3.22. The normalized spacial score (nSPS) is 11.3. The molecule has 0 spiro atoms. The first kappa shape index (κ1) is 15.7. The van der Waals surface area contributed by atoms with Gasteiger partial charge in [-0.1, -0.05) is 18.2 Å². The molecule has 22 heavy (non-hydrogen) atoms. The summed E-state index contributed by atoms with van der Waals surface area (Å²) in [4.78, 5) is 12.2. The maximum atomic E-state index is 12.0. The Morgan fingerprint density at radius 3 is 2.14 bits per heavy atom. The third kappa shape index (κ3) is 3.90. The SMILES string of the molecule is CS(=O)(=O)c1ccc(C=CC(=O)c2ccc(C#N)cc2)cc1. The van der Waals surface area contributed by atoms with E-state index in [0.29, 0.717) is 11.1 Å². The largest absolute Gasteiger partial charge is 0.289 e. The van der Waals surface area contributed by atoms with E-state index in [-0.39, 0.29) is 10.7 Å². The van der Waals surface area contributed by atoms with Crippen LogP contribution in [0.5, 0.6) is 0 Å². The highest BCUT2D eigenvalue weighted by atomic mass is 32.2. The fourth-order valence-corrected chi connectivity index (χ4v) is 2.43. The lowest BCUT2D eigenvalue weighted by Gasteiger charge is -1.99. The molecule has 2 aromatic rings. The Morgan fingerprint density at radius 1 is 1.05 bits per heavy atom. The van der Waals surface area contributed by atoms with Crippen molar-refractivity contribution in [2.75, 3.05) is 6.26 Å². The van der Waals surface area contributed by atoms with Gasteiger partial charge in [-0.3, -0.25) is 4.79 Å². The predicted octanol–water partition coefficient (Wildman–Crippen LogP) is 2.86. The molecule has 0 aromatic heterocycles. The maximum Gasteiger partial charge on any atom is 0.185 e. The number of rotatable bonds is 4. The van der Waals surface area contributed by atoms with Crippen LogP contribution in [0.4, 0.5) is 0 Å². The second-order valence-corrected chi connectivity index (χ2v) is 6.74. The molecule has 0 N–H and O–H groups in total. The first-order chi connectivity index (χ1) is 10.4. The van der Waals surface area contributed by atoms with Gasteiger partial charge in [-0.25, -0.2) is 8.42 Å². The van der Waals surface area contributed by atoms with Crippen LogP contribution in [-0.2, 0) is 9.84 Å². The molecule has 2 aromatic carbocycles. The van der Waals surface area contributed by atoms with Crippen molar-refractivity contribution in [3.8, 4) is 6.07 Å². The van der Waals surface area contributed by atoms with Crippen molar-refractivity contribution in [1.29, 1.82) is 5.26 Å². The first-order valence-corrected chi connectivity index (χ1v) is 8.32. The molecule has 4 nitrogen and oxygen atoms in total. The summed E-state index contributed by atoms with van der Waals surface area (Å²) in [5.41, 5.74) is 1.72.